The Kier molecular flexibility index (Phi) is 5.98. The average molecular weight is 380 g/mol. The number of hydrogen-bond acceptors (Lipinski definition) is 4. The second kappa shape index (κ2) is 7.97. The Morgan fingerprint density at radius 3 is 2.43 bits per heavy atom. The van der Waals surface area contributed by atoms with Crippen molar-refractivity contribution in [2.75, 3.05) is 0 Å². The summed E-state index contributed by atoms with van der Waals surface area (Å²) in [6.07, 6.45) is -0.147. The van der Waals surface area contributed by atoms with Crippen molar-refractivity contribution in [1.82, 2.24) is 5.32 Å². The number of nitrogens with one attached hydrogen (secondary N) is 1. The number of ether oxygens (including phenoxy) is 1. The molecule has 0 saturated heterocycles. The number of carbonyl (C=O) groups excluding carboxylic acids is 2. The van der Waals surface area contributed by atoms with Crippen molar-refractivity contribution in [2.24, 2.45) is 0 Å². The van der Waals surface area contributed by atoms with E-state index in [9.17, 15) is 9.59 Å². The Labute approximate surface area is 143 Å². The molecular weight excluding hydrogens is 362 g/mol. The van der Waals surface area contributed by atoms with E-state index in [-0.39, 0.29) is 30.2 Å². The van der Waals surface area contributed by atoms with Crippen LogP contribution < -0.4 is 5.32 Å². The van der Waals surface area contributed by atoms with E-state index >= 15 is 0 Å². The summed E-state index contributed by atoms with van der Waals surface area (Å²) in [7, 11) is 0. The van der Waals surface area contributed by atoms with E-state index in [1.165, 1.54) is 0 Å². The fraction of sp³-hybridized carbons (Fsp3) is 0.294. The fourth-order valence-corrected chi connectivity index (χ4v) is 2.39. The molecule has 1 atom stereocenters. The number of halogens is 1. The molecule has 2 rings (SSSR count). The summed E-state index contributed by atoms with van der Waals surface area (Å²) in [4.78, 5) is 24.2. The second-order valence-corrected chi connectivity index (χ2v) is 6.06. The van der Waals surface area contributed by atoms with Gasteiger partial charge in [0.15, 0.2) is 10.4 Å². The molecule has 1 heterocycles. The molecule has 1 unspecified atom stereocenters. The summed E-state index contributed by atoms with van der Waals surface area (Å²) >= 11 is 3.16. The lowest BCUT2D eigenvalue weighted by atomic mass is 10.0. The maximum absolute atomic E-state index is 12.3. The first kappa shape index (κ1) is 17.3. The van der Waals surface area contributed by atoms with Crippen LogP contribution in [-0.4, -0.2) is 18.0 Å². The van der Waals surface area contributed by atoms with Gasteiger partial charge in [-0.1, -0.05) is 30.3 Å². The van der Waals surface area contributed by atoms with E-state index in [2.05, 4.69) is 21.2 Å². The molecule has 122 valence electrons. The molecule has 0 fully saturated rings. The van der Waals surface area contributed by atoms with Gasteiger partial charge in [-0.05, 0) is 47.5 Å². The molecule has 0 aliphatic carbocycles. The summed E-state index contributed by atoms with van der Waals surface area (Å²) in [6.45, 7) is 3.57. The topological polar surface area (TPSA) is 68.5 Å². The van der Waals surface area contributed by atoms with E-state index in [0.717, 1.165) is 5.56 Å². The predicted molar refractivity (Wildman–Crippen MR) is 88.9 cm³/mol. The standard InChI is InChI=1S/C17H18BrNO4/c1-11(2)22-16(20)10-13(12-6-4-3-5-7-12)19-17(21)14-8-9-15(18)23-14/h3-9,11,13H,10H2,1-2H3,(H,19,21). The number of benzene rings is 1. The van der Waals surface area contributed by atoms with Gasteiger partial charge < -0.3 is 14.5 Å². The van der Waals surface area contributed by atoms with Crippen LogP contribution in [0.5, 0.6) is 0 Å². The van der Waals surface area contributed by atoms with Crippen LogP contribution in [0, 0.1) is 0 Å². The highest BCUT2D eigenvalue weighted by molar-refractivity contribution is 9.10. The molecule has 0 aliphatic rings. The lowest BCUT2D eigenvalue weighted by molar-refractivity contribution is -0.147. The number of amides is 1. The van der Waals surface area contributed by atoms with Gasteiger partial charge in [0.25, 0.3) is 5.91 Å². The van der Waals surface area contributed by atoms with E-state index in [1.807, 2.05) is 30.3 Å². The second-order valence-electron chi connectivity index (χ2n) is 5.28. The van der Waals surface area contributed by atoms with Crippen molar-refractivity contribution in [3.63, 3.8) is 0 Å². The number of esters is 1. The highest BCUT2D eigenvalue weighted by atomic mass is 79.9. The van der Waals surface area contributed by atoms with Crippen LogP contribution in [0.4, 0.5) is 0 Å². The van der Waals surface area contributed by atoms with E-state index < -0.39 is 6.04 Å². The normalized spacial score (nSPS) is 12.0. The van der Waals surface area contributed by atoms with Crippen LogP contribution in [0.1, 0.15) is 42.4 Å². The molecule has 6 heteroatoms. The van der Waals surface area contributed by atoms with Gasteiger partial charge in [0.05, 0.1) is 18.6 Å². The Balaban J connectivity index is 2.13. The zero-order valence-corrected chi connectivity index (χ0v) is 14.5. The fourth-order valence-electron chi connectivity index (χ4n) is 2.08. The van der Waals surface area contributed by atoms with E-state index in [4.69, 9.17) is 9.15 Å². The monoisotopic (exact) mass is 379 g/mol. The number of rotatable bonds is 6. The summed E-state index contributed by atoms with van der Waals surface area (Å²) in [5.74, 6) is -0.577. The average Bonchev–Trinajstić information content (AvgIpc) is 2.93. The number of carbonyl (C=O) groups is 2. The Morgan fingerprint density at radius 1 is 1.17 bits per heavy atom. The Hall–Kier alpha value is -2.08. The molecule has 1 amide bonds. The molecule has 2 aromatic rings. The van der Waals surface area contributed by atoms with Crippen molar-refractivity contribution < 1.29 is 18.7 Å². The molecule has 0 saturated carbocycles. The number of hydrogen-bond donors (Lipinski definition) is 1. The van der Waals surface area contributed by atoms with Gasteiger partial charge in [-0.25, -0.2) is 0 Å². The molecule has 5 nitrogen and oxygen atoms in total. The quantitative estimate of drug-likeness (QED) is 0.773. The Bertz CT molecular complexity index is 666. The SMILES string of the molecule is CC(C)OC(=O)CC(NC(=O)c1ccc(Br)o1)c1ccccc1. The van der Waals surface area contributed by atoms with Gasteiger partial charge in [0, 0.05) is 0 Å². The van der Waals surface area contributed by atoms with Crippen molar-refractivity contribution in [3.05, 3.63) is 58.5 Å². The van der Waals surface area contributed by atoms with Crippen LogP contribution >= 0.6 is 15.9 Å². The first-order valence-corrected chi connectivity index (χ1v) is 8.05. The maximum atomic E-state index is 12.3. The third-order valence-electron chi connectivity index (χ3n) is 3.04. The molecule has 23 heavy (non-hydrogen) atoms. The van der Waals surface area contributed by atoms with E-state index in [1.54, 1.807) is 26.0 Å². The maximum Gasteiger partial charge on any atom is 0.308 e. The third kappa shape index (κ3) is 5.25. The van der Waals surface area contributed by atoms with Gasteiger partial charge in [0.2, 0.25) is 0 Å². The highest BCUT2D eigenvalue weighted by Crippen LogP contribution is 2.20. The third-order valence-corrected chi connectivity index (χ3v) is 3.47. The summed E-state index contributed by atoms with van der Waals surface area (Å²) < 4.78 is 10.9. The zero-order chi connectivity index (χ0) is 16.8. The lowest BCUT2D eigenvalue weighted by Gasteiger charge is -2.18. The van der Waals surface area contributed by atoms with Crippen LogP contribution in [0.15, 0.2) is 51.6 Å². The van der Waals surface area contributed by atoms with Crippen molar-refractivity contribution in [1.29, 1.82) is 0 Å². The van der Waals surface area contributed by atoms with Crippen molar-refractivity contribution in [2.45, 2.75) is 32.4 Å². The molecule has 0 radical (unpaired) electrons. The first-order valence-electron chi connectivity index (χ1n) is 7.26. The lowest BCUT2D eigenvalue weighted by Crippen LogP contribution is -2.30. The highest BCUT2D eigenvalue weighted by Gasteiger charge is 2.22. The molecule has 0 bridgehead atoms. The molecular formula is C17H18BrNO4. The number of furan rings is 1. The van der Waals surface area contributed by atoms with Crippen LogP contribution in [0.3, 0.4) is 0 Å². The summed E-state index contributed by atoms with van der Waals surface area (Å²) in [6, 6.07) is 12.0. The minimum atomic E-state index is -0.487. The van der Waals surface area contributed by atoms with Crippen LogP contribution in [0.2, 0.25) is 0 Å². The molecule has 1 aromatic carbocycles. The first-order chi connectivity index (χ1) is 11.0. The summed E-state index contributed by atoms with van der Waals surface area (Å²) in [5.41, 5.74) is 0.826. The van der Waals surface area contributed by atoms with Crippen LogP contribution in [-0.2, 0) is 9.53 Å². The van der Waals surface area contributed by atoms with Crippen molar-refractivity contribution in [3.8, 4) is 0 Å². The molecule has 1 aromatic heterocycles. The minimum Gasteiger partial charge on any atom is -0.463 e. The molecule has 1 N–H and O–H groups in total. The molecule has 0 aliphatic heterocycles. The van der Waals surface area contributed by atoms with Gasteiger partial charge in [0.1, 0.15) is 0 Å². The zero-order valence-electron chi connectivity index (χ0n) is 12.9. The van der Waals surface area contributed by atoms with Gasteiger partial charge >= 0.3 is 5.97 Å². The smallest absolute Gasteiger partial charge is 0.308 e. The Morgan fingerprint density at radius 2 is 1.87 bits per heavy atom. The van der Waals surface area contributed by atoms with E-state index in [0.29, 0.717) is 4.67 Å². The van der Waals surface area contributed by atoms with Gasteiger partial charge in [-0.3, -0.25) is 9.59 Å². The largest absolute Gasteiger partial charge is 0.463 e. The summed E-state index contributed by atoms with van der Waals surface area (Å²) in [5, 5.41) is 2.81. The minimum absolute atomic E-state index is 0.0514. The molecule has 0 spiro atoms. The van der Waals surface area contributed by atoms with Crippen molar-refractivity contribution >= 4 is 27.8 Å². The van der Waals surface area contributed by atoms with Crippen LogP contribution in [0.25, 0.3) is 0 Å². The van der Waals surface area contributed by atoms with Gasteiger partial charge in [-0.2, -0.15) is 0 Å². The van der Waals surface area contributed by atoms with Gasteiger partial charge in [-0.15, -0.1) is 0 Å². The predicted octanol–water partition coefficient (Wildman–Crippen LogP) is 3.85.